The second-order valence-corrected chi connectivity index (χ2v) is 11.1. The predicted molar refractivity (Wildman–Crippen MR) is 99.8 cm³/mol. The van der Waals surface area contributed by atoms with Crippen LogP contribution in [0, 0.1) is 0 Å². The van der Waals surface area contributed by atoms with Crippen molar-refractivity contribution in [1.29, 1.82) is 0 Å². The standard InChI is InChI=1S/C14H17N5O5S3/c1-9(20)15-13-16-17-14(25-13)27(23,24)19-7-6-10-8-11(4-5-12(10)19)26(21,22)18(2)3/h4-5,8H,6-7H2,1-3H3,(H,15,16,20). The van der Waals surface area contributed by atoms with E-state index in [-0.39, 0.29) is 26.8 Å². The molecule has 0 saturated heterocycles. The lowest BCUT2D eigenvalue weighted by Gasteiger charge is -2.18. The summed E-state index contributed by atoms with van der Waals surface area (Å²) in [6.07, 6.45) is 0.378. The van der Waals surface area contributed by atoms with Crippen LogP contribution >= 0.6 is 11.3 Å². The van der Waals surface area contributed by atoms with E-state index < -0.39 is 20.0 Å². The molecule has 146 valence electrons. The van der Waals surface area contributed by atoms with Crippen molar-refractivity contribution >= 4 is 48.1 Å². The summed E-state index contributed by atoms with van der Waals surface area (Å²) in [6.45, 7) is 1.45. The Morgan fingerprint density at radius 1 is 1.22 bits per heavy atom. The fraction of sp³-hybridized carbons (Fsp3) is 0.357. The molecular weight excluding hydrogens is 414 g/mol. The number of nitrogens with zero attached hydrogens (tertiary/aromatic N) is 4. The summed E-state index contributed by atoms with van der Waals surface area (Å²) in [5.74, 6) is -0.378. The Bertz CT molecular complexity index is 1110. The van der Waals surface area contributed by atoms with Crippen LogP contribution in [-0.2, 0) is 31.3 Å². The Balaban J connectivity index is 1.95. The molecule has 0 fully saturated rings. The van der Waals surface area contributed by atoms with Crippen LogP contribution < -0.4 is 9.62 Å². The number of rotatable bonds is 5. The zero-order valence-electron chi connectivity index (χ0n) is 14.7. The second-order valence-electron chi connectivity index (χ2n) is 5.96. The van der Waals surface area contributed by atoms with Crippen LogP contribution in [0.25, 0.3) is 0 Å². The zero-order valence-corrected chi connectivity index (χ0v) is 17.2. The number of aromatic nitrogens is 2. The Labute approximate surface area is 160 Å². The summed E-state index contributed by atoms with van der Waals surface area (Å²) in [5, 5.41) is 9.81. The molecule has 0 unspecified atom stereocenters. The molecule has 10 nitrogen and oxygen atoms in total. The number of fused-ring (bicyclic) bond motifs is 1. The van der Waals surface area contributed by atoms with Crippen LogP contribution in [0.1, 0.15) is 12.5 Å². The summed E-state index contributed by atoms with van der Waals surface area (Å²) in [6, 6.07) is 4.35. The molecule has 2 aromatic rings. The minimum atomic E-state index is -3.96. The molecule has 0 atom stereocenters. The quantitative estimate of drug-likeness (QED) is 0.682. The third-order valence-electron chi connectivity index (χ3n) is 3.88. The van der Waals surface area contributed by atoms with Crippen LogP contribution in [0.5, 0.6) is 0 Å². The summed E-state index contributed by atoms with van der Waals surface area (Å²) < 4.78 is 52.3. The van der Waals surface area contributed by atoms with Gasteiger partial charge in [0.05, 0.1) is 10.6 Å². The van der Waals surface area contributed by atoms with Gasteiger partial charge >= 0.3 is 0 Å². The summed E-state index contributed by atoms with van der Waals surface area (Å²) in [4.78, 5) is 11.2. The fourth-order valence-electron chi connectivity index (χ4n) is 2.58. The Morgan fingerprint density at radius 3 is 2.56 bits per heavy atom. The van der Waals surface area contributed by atoms with E-state index >= 15 is 0 Å². The van der Waals surface area contributed by atoms with Crippen LogP contribution in [0.3, 0.4) is 0 Å². The maximum Gasteiger partial charge on any atom is 0.293 e. The van der Waals surface area contributed by atoms with Gasteiger partial charge in [-0.2, -0.15) is 8.42 Å². The molecule has 0 radical (unpaired) electrons. The normalized spacial score (nSPS) is 14.4. The van der Waals surface area contributed by atoms with Crippen molar-refractivity contribution in [3.63, 3.8) is 0 Å². The number of sulfonamides is 2. The van der Waals surface area contributed by atoms with Gasteiger partial charge in [-0.3, -0.25) is 9.10 Å². The minimum Gasteiger partial charge on any atom is -0.301 e. The molecule has 27 heavy (non-hydrogen) atoms. The summed E-state index contributed by atoms with van der Waals surface area (Å²) >= 11 is 0.755. The van der Waals surface area contributed by atoms with Crippen molar-refractivity contribution in [2.75, 3.05) is 30.3 Å². The van der Waals surface area contributed by atoms with Crippen molar-refractivity contribution in [2.45, 2.75) is 22.6 Å². The van der Waals surface area contributed by atoms with E-state index in [1.165, 1.54) is 43.5 Å². The van der Waals surface area contributed by atoms with Gasteiger partial charge in [0.15, 0.2) is 0 Å². The Kier molecular flexibility index (Phi) is 4.96. The lowest BCUT2D eigenvalue weighted by molar-refractivity contribution is -0.114. The summed E-state index contributed by atoms with van der Waals surface area (Å²) in [5.41, 5.74) is 1.03. The topological polar surface area (TPSA) is 130 Å². The van der Waals surface area contributed by atoms with Gasteiger partial charge in [0.1, 0.15) is 0 Å². The van der Waals surface area contributed by atoms with Crippen LogP contribution in [0.4, 0.5) is 10.8 Å². The first-order valence-corrected chi connectivity index (χ1v) is 11.4. The van der Waals surface area contributed by atoms with Crippen molar-refractivity contribution in [3.05, 3.63) is 23.8 Å². The number of hydrogen-bond donors (Lipinski definition) is 1. The minimum absolute atomic E-state index is 0.0907. The average molecular weight is 432 g/mol. The third-order valence-corrected chi connectivity index (χ3v) is 8.69. The lowest BCUT2D eigenvalue weighted by Crippen LogP contribution is -2.29. The number of anilines is 2. The van der Waals surface area contributed by atoms with E-state index in [9.17, 15) is 21.6 Å². The van der Waals surface area contributed by atoms with Gasteiger partial charge in [0, 0.05) is 27.6 Å². The molecule has 0 spiro atoms. The van der Waals surface area contributed by atoms with Crippen molar-refractivity contribution in [1.82, 2.24) is 14.5 Å². The zero-order chi connectivity index (χ0) is 20.0. The number of carbonyl (C=O) groups is 1. The van der Waals surface area contributed by atoms with Gasteiger partial charge in [0.25, 0.3) is 14.4 Å². The maximum atomic E-state index is 12.9. The van der Waals surface area contributed by atoms with E-state index in [1.807, 2.05) is 0 Å². The first kappa shape index (κ1) is 19.7. The number of benzene rings is 1. The van der Waals surface area contributed by atoms with Gasteiger partial charge in [-0.25, -0.2) is 12.7 Å². The molecule has 0 bridgehead atoms. The van der Waals surface area contributed by atoms with Gasteiger partial charge in [0.2, 0.25) is 21.1 Å². The molecule has 13 heteroatoms. The monoisotopic (exact) mass is 431 g/mol. The first-order valence-electron chi connectivity index (χ1n) is 7.73. The highest BCUT2D eigenvalue weighted by molar-refractivity contribution is 7.94. The van der Waals surface area contributed by atoms with Crippen LogP contribution in [0.2, 0.25) is 0 Å². The van der Waals surface area contributed by atoms with Crippen LogP contribution in [0.15, 0.2) is 27.4 Å². The first-order chi connectivity index (χ1) is 12.5. The molecule has 1 aromatic heterocycles. The van der Waals surface area contributed by atoms with Crippen molar-refractivity contribution in [2.24, 2.45) is 0 Å². The lowest BCUT2D eigenvalue weighted by atomic mass is 10.2. The molecule has 0 saturated carbocycles. The number of hydrogen-bond acceptors (Lipinski definition) is 8. The largest absolute Gasteiger partial charge is 0.301 e. The maximum absolute atomic E-state index is 12.9. The van der Waals surface area contributed by atoms with E-state index in [0.717, 1.165) is 15.6 Å². The molecule has 0 aliphatic carbocycles. The molecule has 2 heterocycles. The van der Waals surface area contributed by atoms with E-state index in [0.29, 0.717) is 17.7 Å². The molecular formula is C14H17N5O5S3. The molecule has 1 aliphatic heterocycles. The smallest absolute Gasteiger partial charge is 0.293 e. The van der Waals surface area contributed by atoms with Gasteiger partial charge in [-0.1, -0.05) is 11.3 Å². The summed E-state index contributed by atoms with van der Waals surface area (Å²) in [7, 11) is -4.71. The van der Waals surface area contributed by atoms with Gasteiger partial charge < -0.3 is 5.32 Å². The Hall–Kier alpha value is -2.09. The highest BCUT2D eigenvalue weighted by Crippen LogP contribution is 2.35. The average Bonchev–Trinajstić information content (AvgIpc) is 3.20. The van der Waals surface area contributed by atoms with E-state index in [2.05, 4.69) is 15.5 Å². The van der Waals surface area contributed by atoms with E-state index in [4.69, 9.17) is 0 Å². The fourth-order valence-corrected chi connectivity index (χ4v) is 6.08. The van der Waals surface area contributed by atoms with Gasteiger partial charge in [-0.05, 0) is 30.2 Å². The SMILES string of the molecule is CC(=O)Nc1nnc(S(=O)(=O)N2CCc3cc(S(=O)(=O)N(C)C)ccc32)s1. The third kappa shape index (κ3) is 3.54. The van der Waals surface area contributed by atoms with Crippen molar-refractivity contribution in [3.8, 4) is 0 Å². The molecule has 3 rings (SSSR count). The number of amides is 1. The van der Waals surface area contributed by atoms with Gasteiger partial charge in [-0.15, -0.1) is 10.2 Å². The molecule has 1 N–H and O–H groups in total. The van der Waals surface area contributed by atoms with Crippen LogP contribution in [-0.4, -0.2) is 57.9 Å². The molecule has 1 amide bonds. The highest BCUT2D eigenvalue weighted by Gasteiger charge is 2.34. The molecule has 1 aliphatic rings. The van der Waals surface area contributed by atoms with E-state index in [1.54, 1.807) is 0 Å². The molecule has 1 aromatic carbocycles. The predicted octanol–water partition coefficient (Wildman–Crippen LogP) is 0.498. The Morgan fingerprint density at radius 2 is 1.93 bits per heavy atom. The number of carbonyl (C=O) groups excluding carboxylic acids is 1. The number of nitrogens with one attached hydrogen (secondary N) is 1. The van der Waals surface area contributed by atoms with Crippen molar-refractivity contribution < 1.29 is 21.6 Å². The second kappa shape index (κ2) is 6.82. The highest BCUT2D eigenvalue weighted by atomic mass is 32.2.